The molecule has 1 unspecified atom stereocenters. The lowest BCUT2D eigenvalue weighted by Gasteiger charge is -2.18. The van der Waals surface area contributed by atoms with Gasteiger partial charge in [0.25, 0.3) is 0 Å². The number of ether oxygens (including phenoxy) is 1. The van der Waals surface area contributed by atoms with Gasteiger partial charge in [0.1, 0.15) is 5.75 Å². The van der Waals surface area contributed by atoms with Gasteiger partial charge in [-0.1, -0.05) is 6.07 Å². The number of amides is 2. The van der Waals surface area contributed by atoms with Crippen molar-refractivity contribution in [2.75, 3.05) is 27.2 Å². The fourth-order valence-electron chi connectivity index (χ4n) is 2.36. The summed E-state index contributed by atoms with van der Waals surface area (Å²) in [5.41, 5.74) is 1.05. The first kappa shape index (κ1) is 14.7. The number of likely N-dealkylation sites (N-methyl/N-ethyl adjacent to an activating group) is 1. The van der Waals surface area contributed by atoms with E-state index >= 15 is 0 Å². The van der Waals surface area contributed by atoms with Crippen molar-refractivity contribution in [3.05, 3.63) is 28.2 Å². The first-order valence-corrected chi connectivity index (χ1v) is 7.10. The van der Waals surface area contributed by atoms with Crippen LogP contribution in [0.15, 0.2) is 22.7 Å². The molecule has 1 aromatic carbocycles. The standard InChI is InChI=1S/C14H16BrN3O2/c1-17-12(9-18(14(17)19)7-3-6-16)10-4-5-13(20-2)11(15)8-10/h4-5,8,12H,3,7,9H2,1-2H3. The summed E-state index contributed by atoms with van der Waals surface area (Å²) >= 11 is 3.46. The molecule has 0 N–H and O–H groups in total. The van der Waals surface area contributed by atoms with Crippen LogP contribution in [0, 0.1) is 11.3 Å². The summed E-state index contributed by atoms with van der Waals surface area (Å²) in [5.74, 6) is 0.766. The van der Waals surface area contributed by atoms with Crippen LogP contribution in [0.4, 0.5) is 4.79 Å². The third-order valence-electron chi connectivity index (χ3n) is 3.49. The number of nitriles is 1. The van der Waals surface area contributed by atoms with Gasteiger partial charge < -0.3 is 14.5 Å². The van der Waals surface area contributed by atoms with Crippen LogP contribution in [0.2, 0.25) is 0 Å². The molecule has 0 aromatic heterocycles. The number of hydrogen-bond donors (Lipinski definition) is 0. The molecule has 1 aliphatic heterocycles. The van der Waals surface area contributed by atoms with Gasteiger partial charge in [-0.05, 0) is 33.6 Å². The Morgan fingerprint density at radius 1 is 1.55 bits per heavy atom. The lowest BCUT2D eigenvalue weighted by molar-refractivity contribution is 0.196. The van der Waals surface area contributed by atoms with Gasteiger partial charge in [0, 0.05) is 20.1 Å². The first-order chi connectivity index (χ1) is 9.58. The van der Waals surface area contributed by atoms with Crippen LogP contribution in [-0.2, 0) is 0 Å². The van der Waals surface area contributed by atoms with Crippen molar-refractivity contribution in [2.45, 2.75) is 12.5 Å². The lowest BCUT2D eigenvalue weighted by Crippen LogP contribution is -2.30. The Kier molecular flexibility index (Phi) is 4.50. The number of benzene rings is 1. The van der Waals surface area contributed by atoms with E-state index in [0.29, 0.717) is 19.5 Å². The molecule has 20 heavy (non-hydrogen) atoms. The van der Waals surface area contributed by atoms with E-state index in [1.807, 2.05) is 18.2 Å². The van der Waals surface area contributed by atoms with Crippen LogP contribution >= 0.6 is 15.9 Å². The van der Waals surface area contributed by atoms with E-state index in [9.17, 15) is 4.79 Å². The topological polar surface area (TPSA) is 56.6 Å². The molecule has 1 heterocycles. The summed E-state index contributed by atoms with van der Waals surface area (Å²) < 4.78 is 6.08. The average Bonchev–Trinajstić information content (AvgIpc) is 2.73. The molecule has 2 rings (SSSR count). The molecule has 1 aliphatic rings. The van der Waals surface area contributed by atoms with Crippen molar-refractivity contribution < 1.29 is 9.53 Å². The second kappa shape index (κ2) is 6.14. The minimum absolute atomic E-state index is 0.00315. The Balaban J connectivity index is 2.19. The Labute approximate surface area is 126 Å². The van der Waals surface area contributed by atoms with Crippen LogP contribution in [0.3, 0.4) is 0 Å². The minimum Gasteiger partial charge on any atom is -0.496 e. The molecular weight excluding hydrogens is 322 g/mol. The third-order valence-corrected chi connectivity index (χ3v) is 4.11. The molecule has 1 atom stereocenters. The molecule has 1 saturated heterocycles. The summed E-state index contributed by atoms with van der Waals surface area (Å²) in [6, 6.07) is 7.87. The summed E-state index contributed by atoms with van der Waals surface area (Å²) in [6.07, 6.45) is 0.360. The number of nitrogens with zero attached hydrogens (tertiary/aromatic N) is 3. The maximum atomic E-state index is 12.1. The second-order valence-electron chi connectivity index (χ2n) is 4.66. The largest absolute Gasteiger partial charge is 0.496 e. The van der Waals surface area contributed by atoms with Crippen molar-refractivity contribution in [3.8, 4) is 11.8 Å². The Hall–Kier alpha value is -1.74. The fourth-order valence-corrected chi connectivity index (χ4v) is 2.91. The maximum absolute atomic E-state index is 12.1. The molecule has 5 nitrogen and oxygen atoms in total. The third kappa shape index (κ3) is 2.73. The number of urea groups is 1. The van der Waals surface area contributed by atoms with Crippen molar-refractivity contribution in [1.82, 2.24) is 9.80 Å². The predicted octanol–water partition coefficient (Wildman–Crippen LogP) is 2.78. The SMILES string of the molecule is COc1ccc(C2CN(CCC#N)C(=O)N2C)cc1Br. The van der Waals surface area contributed by atoms with Crippen LogP contribution in [0.1, 0.15) is 18.0 Å². The molecule has 106 valence electrons. The molecule has 1 fully saturated rings. The summed E-state index contributed by atoms with van der Waals surface area (Å²) in [5, 5.41) is 8.63. The Bertz CT molecular complexity index is 556. The number of carbonyl (C=O) groups is 1. The maximum Gasteiger partial charge on any atom is 0.320 e. The molecule has 0 saturated carbocycles. The quantitative estimate of drug-likeness (QED) is 0.848. The van der Waals surface area contributed by atoms with E-state index in [-0.39, 0.29) is 12.1 Å². The monoisotopic (exact) mass is 337 g/mol. The highest BCUT2D eigenvalue weighted by Gasteiger charge is 2.35. The molecule has 0 radical (unpaired) electrons. The van der Waals surface area contributed by atoms with E-state index in [0.717, 1.165) is 15.8 Å². The zero-order valence-corrected chi connectivity index (χ0v) is 13.1. The number of halogens is 1. The van der Waals surface area contributed by atoms with Gasteiger partial charge in [-0.3, -0.25) is 0 Å². The van der Waals surface area contributed by atoms with E-state index in [4.69, 9.17) is 10.00 Å². The first-order valence-electron chi connectivity index (χ1n) is 6.30. The van der Waals surface area contributed by atoms with Gasteiger partial charge in [0.05, 0.1) is 30.1 Å². The van der Waals surface area contributed by atoms with Crippen LogP contribution in [0.25, 0.3) is 0 Å². The molecule has 0 spiro atoms. The summed E-state index contributed by atoms with van der Waals surface area (Å²) in [6.45, 7) is 1.09. The molecule has 0 bridgehead atoms. The number of methoxy groups -OCH3 is 1. The van der Waals surface area contributed by atoms with Crippen molar-refractivity contribution >= 4 is 22.0 Å². The van der Waals surface area contributed by atoms with Gasteiger partial charge in [-0.15, -0.1) is 0 Å². The number of hydrogen-bond acceptors (Lipinski definition) is 3. The van der Waals surface area contributed by atoms with E-state index in [1.165, 1.54) is 0 Å². The highest BCUT2D eigenvalue weighted by atomic mass is 79.9. The van der Waals surface area contributed by atoms with Crippen molar-refractivity contribution in [3.63, 3.8) is 0 Å². The highest BCUT2D eigenvalue weighted by molar-refractivity contribution is 9.10. The van der Waals surface area contributed by atoms with Gasteiger partial charge in [0.15, 0.2) is 0 Å². The second-order valence-corrected chi connectivity index (χ2v) is 5.51. The van der Waals surface area contributed by atoms with Crippen LogP contribution in [0.5, 0.6) is 5.75 Å². The van der Waals surface area contributed by atoms with Gasteiger partial charge in [-0.25, -0.2) is 4.79 Å². The lowest BCUT2D eigenvalue weighted by atomic mass is 10.1. The van der Waals surface area contributed by atoms with Gasteiger partial charge in [0.2, 0.25) is 0 Å². The Morgan fingerprint density at radius 2 is 2.30 bits per heavy atom. The van der Waals surface area contributed by atoms with Crippen LogP contribution < -0.4 is 4.74 Å². The van der Waals surface area contributed by atoms with Crippen molar-refractivity contribution in [1.29, 1.82) is 5.26 Å². The molecule has 2 amide bonds. The average molecular weight is 338 g/mol. The number of rotatable bonds is 4. The Morgan fingerprint density at radius 3 is 2.90 bits per heavy atom. The predicted molar refractivity (Wildman–Crippen MR) is 78.4 cm³/mol. The number of carbonyl (C=O) groups excluding carboxylic acids is 1. The molecular formula is C14H16BrN3O2. The molecule has 6 heteroatoms. The summed E-state index contributed by atoms with van der Waals surface area (Å²) in [7, 11) is 3.41. The highest BCUT2D eigenvalue weighted by Crippen LogP contribution is 2.33. The van der Waals surface area contributed by atoms with Gasteiger partial charge in [-0.2, -0.15) is 5.26 Å². The zero-order valence-electron chi connectivity index (χ0n) is 11.5. The van der Waals surface area contributed by atoms with E-state index in [1.54, 1.807) is 24.0 Å². The molecule has 1 aromatic rings. The zero-order chi connectivity index (χ0) is 14.7. The smallest absolute Gasteiger partial charge is 0.320 e. The van der Waals surface area contributed by atoms with Crippen LogP contribution in [-0.4, -0.2) is 43.1 Å². The van der Waals surface area contributed by atoms with E-state index in [2.05, 4.69) is 22.0 Å². The molecule has 0 aliphatic carbocycles. The summed E-state index contributed by atoms with van der Waals surface area (Å²) in [4.78, 5) is 15.5. The van der Waals surface area contributed by atoms with Crippen molar-refractivity contribution in [2.24, 2.45) is 0 Å². The minimum atomic E-state index is -0.0304. The normalized spacial score (nSPS) is 18.3. The van der Waals surface area contributed by atoms with Gasteiger partial charge >= 0.3 is 6.03 Å². The fraction of sp³-hybridized carbons (Fsp3) is 0.429. The van der Waals surface area contributed by atoms with E-state index < -0.39 is 0 Å².